The number of para-hydroxylation sites is 2. The predicted molar refractivity (Wildman–Crippen MR) is 257 cm³/mol. The number of nitrogens with zero attached hydrogens (tertiary/aromatic N) is 1. The summed E-state index contributed by atoms with van der Waals surface area (Å²) in [5.74, 6) is 0. The maximum atomic E-state index is 6.44. The molecule has 0 bridgehead atoms. The fraction of sp³-hybridized carbons (Fsp3) is 0. The lowest BCUT2D eigenvalue weighted by atomic mass is 9.87. The van der Waals surface area contributed by atoms with Crippen molar-refractivity contribution >= 4 is 104 Å². The minimum Gasteiger partial charge on any atom is -0.456 e. The molecular weight excluding hydrogens is 743 g/mol. The topological polar surface area (TPSA) is 29.5 Å². The summed E-state index contributed by atoms with van der Waals surface area (Å²) in [4.78, 5) is 2.36. The molecule has 0 aliphatic heterocycles. The molecule has 11 aromatic carbocycles. The van der Waals surface area contributed by atoms with Crippen molar-refractivity contribution < 1.29 is 8.83 Å². The molecule has 0 N–H and O–H groups in total. The van der Waals surface area contributed by atoms with Gasteiger partial charge in [0.15, 0.2) is 0 Å². The molecule has 0 unspecified atom stereocenters. The third-order valence-corrected chi connectivity index (χ3v) is 12.6. The molecule has 13 aromatic rings. The molecule has 0 spiro atoms. The van der Waals surface area contributed by atoms with Gasteiger partial charge >= 0.3 is 0 Å². The first-order valence-electron chi connectivity index (χ1n) is 20.8. The molecule has 61 heavy (non-hydrogen) atoms. The molecular formula is C58H35NO2. The van der Waals surface area contributed by atoms with Crippen molar-refractivity contribution in [3.05, 3.63) is 212 Å². The fourth-order valence-electron chi connectivity index (χ4n) is 9.80. The highest BCUT2D eigenvalue weighted by Crippen LogP contribution is 2.46. The summed E-state index contributed by atoms with van der Waals surface area (Å²) >= 11 is 0. The van der Waals surface area contributed by atoms with E-state index >= 15 is 0 Å². The molecule has 0 fully saturated rings. The molecule has 0 saturated carbocycles. The molecule has 3 nitrogen and oxygen atoms in total. The number of anilines is 3. The fourth-order valence-corrected chi connectivity index (χ4v) is 9.80. The first-order valence-corrected chi connectivity index (χ1v) is 20.8. The molecule has 284 valence electrons. The van der Waals surface area contributed by atoms with E-state index in [9.17, 15) is 0 Å². The van der Waals surface area contributed by atoms with Gasteiger partial charge in [-0.05, 0) is 138 Å². The Morgan fingerprint density at radius 2 is 0.787 bits per heavy atom. The van der Waals surface area contributed by atoms with E-state index in [0.717, 1.165) is 66.5 Å². The van der Waals surface area contributed by atoms with E-state index < -0.39 is 0 Å². The molecule has 0 radical (unpaired) electrons. The number of rotatable bonds is 5. The maximum Gasteiger partial charge on any atom is 0.137 e. The van der Waals surface area contributed by atoms with Crippen molar-refractivity contribution in [2.24, 2.45) is 0 Å². The monoisotopic (exact) mass is 777 g/mol. The Labute approximate surface area is 350 Å². The molecule has 3 heteroatoms. The van der Waals surface area contributed by atoms with Crippen LogP contribution in [0.2, 0.25) is 0 Å². The van der Waals surface area contributed by atoms with Gasteiger partial charge in [0, 0.05) is 27.5 Å². The average molecular weight is 778 g/mol. The van der Waals surface area contributed by atoms with Gasteiger partial charge in [0.2, 0.25) is 0 Å². The Hall–Kier alpha value is -8.14. The Balaban J connectivity index is 1.05. The van der Waals surface area contributed by atoms with E-state index in [1.54, 1.807) is 0 Å². The molecule has 0 aliphatic carbocycles. The summed E-state index contributed by atoms with van der Waals surface area (Å²) in [6, 6.07) is 76.6. The Kier molecular flexibility index (Phi) is 7.31. The highest BCUT2D eigenvalue weighted by molar-refractivity contribution is 6.27. The second-order valence-electron chi connectivity index (χ2n) is 16.0. The Morgan fingerprint density at radius 3 is 1.51 bits per heavy atom. The second kappa shape index (κ2) is 13.2. The van der Waals surface area contributed by atoms with Crippen molar-refractivity contribution in [1.29, 1.82) is 0 Å². The lowest BCUT2D eigenvalue weighted by molar-refractivity contribution is 0.668. The third kappa shape index (κ3) is 5.24. The van der Waals surface area contributed by atoms with Crippen LogP contribution in [-0.4, -0.2) is 0 Å². The van der Waals surface area contributed by atoms with Crippen LogP contribution in [0.3, 0.4) is 0 Å². The number of benzene rings is 11. The van der Waals surface area contributed by atoms with Gasteiger partial charge in [0.1, 0.15) is 22.3 Å². The first kappa shape index (κ1) is 33.8. The lowest BCUT2D eigenvalue weighted by Crippen LogP contribution is -2.10. The van der Waals surface area contributed by atoms with Gasteiger partial charge in [-0.15, -0.1) is 0 Å². The zero-order valence-electron chi connectivity index (χ0n) is 33.0. The van der Waals surface area contributed by atoms with E-state index in [1.165, 1.54) is 59.8 Å². The molecule has 0 atom stereocenters. The van der Waals surface area contributed by atoms with Crippen LogP contribution < -0.4 is 4.90 Å². The molecule has 2 aromatic heterocycles. The highest BCUT2D eigenvalue weighted by atomic mass is 16.3. The predicted octanol–water partition coefficient (Wildman–Crippen LogP) is 16.9. The molecule has 2 heterocycles. The van der Waals surface area contributed by atoms with E-state index in [1.807, 2.05) is 24.3 Å². The van der Waals surface area contributed by atoms with Crippen LogP contribution in [0.15, 0.2) is 221 Å². The van der Waals surface area contributed by atoms with Gasteiger partial charge < -0.3 is 13.7 Å². The quantitative estimate of drug-likeness (QED) is 0.163. The highest BCUT2D eigenvalue weighted by Gasteiger charge is 2.22. The third-order valence-electron chi connectivity index (χ3n) is 12.6. The number of hydrogen-bond acceptors (Lipinski definition) is 3. The summed E-state index contributed by atoms with van der Waals surface area (Å²) in [5, 5.41) is 14.4. The van der Waals surface area contributed by atoms with Crippen molar-refractivity contribution in [2.75, 3.05) is 4.90 Å². The number of hydrogen-bond donors (Lipinski definition) is 0. The van der Waals surface area contributed by atoms with E-state index in [2.05, 4.69) is 193 Å². The molecule has 0 saturated heterocycles. The lowest BCUT2D eigenvalue weighted by Gasteiger charge is -2.26. The molecule has 0 aliphatic rings. The minimum absolute atomic E-state index is 0.853. The van der Waals surface area contributed by atoms with Crippen LogP contribution in [0.4, 0.5) is 17.1 Å². The van der Waals surface area contributed by atoms with Gasteiger partial charge in [-0.25, -0.2) is 0 Å². The second-order valence-corrected chi connectivity index (χ2v) is 16.0. The van der Waals surface area contributed by atoms with Crippen molar-refractivity contribution in [3.8, 4) is 22.3 Å². The number of furan rings is 2. The van der Waals surface area contributed by atoms with Gasteiger partial charge in [0.05, 0.1) is 11.1 Å². The van der Waals surface area contributed by atoms with Crippen molar-refractivity contribution in [3.63, 3.8) is 0 Å². The van der Waals surface area contributed by atoms with Gasteiger partial charge in [0.25, 0.3) is 0 Å². The smallest absolute Gasteiger partial charge is 0.137 e. The van der Waals surface area contributed by atoms with Crippen LogP contribution in [0, 0.1) is 0 Å². The van der Waals surface area contributed by atoms with Crippen LogP contribution in [0.5, 0.6) is 0 Å². The summed E-state index contributed by atoms with van der Waals surface area (Å²) in [7, 11) is 0. The van der Waals surface area contributed by atoms with E-state index in [-0.39, 0.29) is 0 Å². The Bertz CT molecular complexity index is 3890. The van der Waals surface area contributed by atoms with Crippen LogP contribution >= 0.6 is 0 Å². The average Bonchev–Trinajstić information content (AvgIpc) is 3.90. The minimum atomic E-state index is 0.853. The van der Waals surface area contributed by atoms with Crippen molar-refractivity contribution in [2.45, 2.75) is 0 Å². The maximum absolute atomic E-state index is 6.44. The molecule has 13 rings (SSSR count). The largest absolute Gasteiger partial charge is 0.456 e. The number of fused-ring (bicyclic) bond motifs is 13. The SMILES string of the molecule is c1ccc2cc(-c3cc4c5ccccc5c5ccccc5c4cc3-c3ccc(N(c4ccc5oc6ccccc6c5c4)c4cccc5oc6ccccc6c45)cc3)ccc2c1. The summed E-state index contributed by atoms with van der Waals surface area (Å²) in [6.45, 7) is 0. The van der Waals surface area contributed by atoms with Gasteiger partial charge in [-0.1, -0.05) is 140 Å². The normalized spacial score (nSPS) is 11.9. The first-order chi connectivity index (χ1) is 30.2. The molecule has 0 amide bonds. The van der Waals surface area contributed by atoms with Crippen molar-refractivity contribution in [1.82, 2.24) is 0 Å². The zero-order valence-corrected chi connectivity index (χ0v) is 33.0. The summed E-state index contributed by atoms with van der Waals surface area (Å²) in [6.07, 6.45) is 0. The van der Waals surface area contributed by atoms with Crippen LogP contribution in [0.1, 0.15) is 0 Å². The Morgan fingerprint density at radius 1 is 0.279 bits per heavy atom. The summed E-state index contributed by atoms with van der Waals surface area (Å²) < 4.78 is 12.7. The zero-order chi connectivity index (χ0) is 40.0. The standard InChI is InChI=1S/C58H35NO2/c1-2-13-38-32-39(25-24-36(38)12-1)49-35-51-45-17-6-4-15-43(45)42-14-3-5-16-44(42)50(51)34-48(49)37-26-28-40(29-27-37)59(41-30-31-56-52(33-41)46-18-7-9-21-54(46)60-56)53-20-11-23-57-58(53)47-19-8-10-22-55(47)61-57/h1-35H. The van der Waals surface area contributed by atoms with Crippen LogP contribution in [-0.2, 0) is 0 Å². The van der Waals surface area contributed by atoms with Gasteiger partial charge in [-0.2, -0.15) is 0 Å². The van der Waals surface area contributed by atoms with E-state index in [4.69, 9.17) is 8.83 Å². The van der Waals surface area contributed by atoms with Crippen LogP contribution in [0.25, 0.3) is 109 Å². The van der Waals surface area contributed by atoms with E-state index in [0.29, 0.717) is 0 Å². The summed E-state index contributed by atoms with van der Waals surface area (Å²) in [5.41, 5.74) is 11.3. The van der Waals surface area contributed by atoms with Gasteiger partial charge in [-0.3, -0.25) is 0 Å².